The van der Waals surface area contributed by atoms with Crippen molar-refractivity contribution >= 4 is 18.0 Å². The second-order valence-corrected chi connectivity index (χ2v) is 6.94. The quantitative estimate of drug-likeness (QED) is 0.725. The van der Waals surface area contributed by atoms with Crippen LogP contribution in [0.5, 0.6) is 0 Å². The minimum Gasteiger partial charge on any atom is -0.351 e. The largest absolute Gasteiger partial charge is 0.351 e. The zero-order valence-electron chi connectivity index (χ0n) is 15.3. The molecule has 0 aromatic heterocycles. The summed E-state index contributed by atoms with van der Waals surface area (Å²) in [5.74, 6) is -0.472. The lowest BCUT2D eigenvalue weighted by molar-refractivity contribution is -0.126. The van der Waals surface area contributed by atoms with Gasteiger partial charge in [-0.25, -0.2) is 9.59 Å². The van der Waals surface area contributed by atoms with Crippen molar-refractivity contribution in [2.45, 2.75) is 43.8 Å². The first-order valence-corrected chi connectivity index (χ1v) is 7.96. The molecule has 2 fully saturated rings. The number of nitrogens with zero attached hydrogens (tertiary/aromatic N) is 1. The van der Waals surface area contributed by atoms with E-state index >= 15 is 0 Å². The molecular formula is C17H20N4O3. The Bertz CT molecular complexity index is 841. The first-order chi connectivity index (χ1) is 12.1. The first kappa shape index (κ1) is 12.8. The minimum atomic E-state index is -2.11. The Hall–Kier alpha value is -2.57. The molecule has 0 radical (unpaired) electrons. The van der Waals surface area contributed by atoms with Gasteiger partial charge in [0.25, 0.3) is 5.91 Å². The third kappa shape index (κ3) is 1.93. The predicted molar refractivity (Wildman–Crippen MR) is 85.7 cm³/mol. The van der Waals surface area contributed by atoms with Gasteiger partial charge in [0.1, 0.15) is 5.54 Å². The van der Waals surface area contributed by atoms with Gasteiger partial charge in [0, 0.05) is 12.9 Å². The molecule has 3 aliphatic rings. The summed E-state index contributed by atoms with van der Waals surface area (Å²) in [5.41, 5.74) is 4.15. The van der Waals surface area contributed by atoms with Gasteiger partial charge in [-0.15, -0.1) is 0 Å². The lowest BCUT2D eigenvalue weighted by Gasteiger charge is -2.41. The van der Waals surface area contributed by atoms with E-state index in [0.29, 0.717) is 11.1 Å². The second-order valence-electron chi connectivity index (χ2n) is 6.94. The van der Waals surface area contributed by atoms with Crippen LogP contribution in [0.1, 0.15) is 40.1 Å². The van der Waals surface area contributed by atoms with Crippen LogP contribution in [0.15, 0.2) is 24.3 Å². The molecular weight excluding hydrogens is 308 g/mol. The highest BCUT2D eigenvalue weighted by molar-refractivity contribution is 6.07. The lowest BCUT2D eigenvalue weighted by atomic mass is 9.76. The molecule has 4 rings (SSSR count). The molecule has 1 saturated heterocycles. The molecule has 0 bridgehead atoms. The molecule has 7 heteroatoms. The topological polar surface area (TPSA) is 105 Å². The maximum Gasteiger partial charge on any atom is 0.322 e. The highest BCUT2D eigenvalue weighted by atomic mass is 16.2. The summed E-state index contributed by atoms with van der Waals surface area (Å²) in [7, 11) is 0. The Balaban J connectivity index is 1.87. The summed E-state index contributed by atoms with van der Waals surface area (Å²) in [4.78, 5) is 37.7. The molecule has 2 atom stereocenters. The van der Waals surface area contributed by atoms with Crippen molar-refractivity contribution in [1.29, 1.82) is 0 Å². The SMILES string of the molecule is [2H]C1([2H])c2ccccc2C(C)(C[C@]2(C3CC3)NC(=O)NC2=O)N1C(N)=O. The van der Waals surface area contributed by atoms with Crippen molar-refractivity contribution in [2.75, 3.05) is 0 Å². The van der Waals surface area contributed by atoms with E-state index in [4.69, 9.17) is 8.48 Å². The molecule has 5 amide bonds. The van der Waals surface area contributed by atoms with Crippen LogP contribution in [0, 0.1) is 5.92 Å². The fourth-order valence-electron chi connectivity index (χ4n) is 4.07. The summed E-state index contributed by atoms with van der Waals surface area (Å²) in [6.07, 6.45) is 1.63. The van der Waals surface area contributed by atoms with Crippen LogP contribution in [0.25, 0.3) is 0 Å². The van der Waals surface area contributed by atoms with Crippen LogP contribution in [-0.2, 0) is 16.8 Å². The van der Waals surface area contributed by atoms with Gasteiger partial charge in [0.2, 0.25) is 0 Å². The monoisotopic (exact) mass is 330 g/mol. The van der Waals surface area contributed by atoms with Gasteiger partial charge in [0.05, 0.1) is 8.28 Å². The van der Waals surface area contributed by atoms with Gasteiger partial charge in [-0.3, -0.25) is 10.1 Å². The van der Waals surface area contributed by atoms with Crippen molar-refractivity contribution in [3.63, 3.8) is 0 Å². The van der Waals surface area contributed by atoms with Gasteiger partial charge in [-0.2, -0.15) is 0 Å². The molecule has 0 spiro atoms. The second kappa shape index (κ2) is 4.72. The number of primary amides is 1. The van der Waals surface area contributed by atoms with E-state index in [1.807, 2.05) is 0 Å². The van der Waals surface area contributed by atoms with Crippen molar-refractivity contribution in [3.05, 3.63) is 35.4 Å². The number of fused-ring (bicyclic) bond motifs is 1. The number of nitrogens with two attached hydrogens (primary N) is 1. The Morgan fingerprint density at radius 2 is 2.12 bits per heavy atom. The molecule has 1 aromatic carbocycles. The van der Waals surface area contributed by atoms with Gasteiger partial charge < -0.3 is 16.0 Å². The average Bonchev–Trinajstić information content (AvgIpc) is 3.31. The number of rotatable bonds is 3. The number of carbonyl (C=O) groups excluding carboxylic acids is 3. The zero-order chi connectivity index (χ0) is 18.9. The van der Waals surface area contributed by atoms with Crippen LogP contribution in [0.3, 0.4) is 0 Å². The Labute approximate surface area is 142 Å². The van der Waals surface area contributed by atoms with E-state index in [9.17, 15) is 14.4 Å². The summed E-state index contributed by atoms with van der Waals surface area (Å²) in [6.45, 7) is -0.412. The van der Waals surface area contributed by atoms with Crippen LogP contribution in [0.4, 0.5) is 9.59 Å². The summed E-state index contributed by atoms with van der Waals surface area (Å²) in [6, 6.07) is 5.34. The summed E-state index contributed by atoms with van der Waals surface area (Å²) >= 11 is 0. The maximum atomic E-state index is 12.6. The lowest BCUT2D eigenvalue weighted by Crippen LogP contribution is -2.57. The smallest absolute Gasteiger partial charge is 0.322 e. The molecule has 1 saturated carbocycles. The van der Waals surface area contributed by atoms with Crippen molar-refractivity contribution in [1.82, 2.24) is 15.5 Å². The Morgan fingerprint density at radius 1 is 1.42 bits per heavy atom. The van der Waals surface area contributed by atoms with E-state index in [2.05, 4.69) is 10.6 Å². The number of nitrogens with one attached hydrogen (secondary N) is 2. The van der Waals surface area contributed by atoms with Gasteiger partial charge >= 0.3 is 12.1 Å². The average molecular weight is 330 g/mol. The summed E-state index contributed by atoms with van der Waals surface area (Å²) in [5, 5.41) is 5.04. The number of hydrogen-bond donors (Lipinski definition) is 3. The molecule has 1 unspecified atom stereocenters. The van der Waals surface area contributed by atoms with E-state index in [1.165, 1.54) is 0 Å². The molecule has 4 N–H and O–H groups in total. The molecule has 1 aliphatic carbocycles. The Morgan fingerprint density at radius 3 is 2.71 bits per heavy atom. The van der Waals surface area contributed by atoms with Gasteiger partial charge in [0.15, 0.2) is 0 Å². The molecule has 7 nitrogen and oxygen atoms in total. The van der Waals surface area contributed by atoms with Crippen LogP contribution in [-0.4, -0.2) is 28.4 Å². The molecule has 2 heterocycles. The van der Waals surface area contributed by atoms with Crippen LogP contribution >= 0.6 is 0 Å². The number of imide groups is 1. The van der Waals surface area contributed by atoms with Crippen LogP contribution in [0.2, 0.25) is 0 Å². The summed E-state index contributed by atoms with van der Waals surface area (Å²) < 4.78 is 16.9. The number of amides is 5. The first-order valence-electron chi connectivity index (χ1n) is 8.96. The molecule has 1 aromatic rings. The molecule has 126 valence electrons. The maximum absolute atomic E-state index is 12.6. The molecule has 2 aliphatic heterocycles. The predicted octanol–water partition coefficient (Wildman–Crippen LogP) is 1.17. The molecule has 24 heavy (non-hydrogen) atoms. The van der Waals surface area contributed by atoms with Crippen LogP contribution < -0.4 is 16.4 Å². The number of hydrogen-bond acceptors (Lipinski definition) is 3. The third-order valence-corrected chi connectivity index (χ3v) is 5.32. The number of carbonyl (C=O) groups is 3. The zero-order valence-corrected chi connectivity index (χ0v) is 13.3. The fraction of sp³-hybridized carbons (Fsp3) is 0.471. The highest BCUT2D eigenvalue weighted by Crippen LogP contribution is 2.51. The Kier molecular flexibility index (Phi) is 2.52. The third-order valence-electron chi connectivity index (χ3n) is 5.32. The number of urea groups is 2. The van der Waals surface area contributed by atoms with Crippen molar-refractivity contribution in [2.24, 2.45) is 11.7 Å². The van der Waals surface area contributed by atoms with Gasteiger partial charge in [-0.05, 0) is 36.8 Å². The standard InChI is InChI=1S/C17H20N4O3/c1-16(9-17(11-6-7-11)13(22)19-15(24)20-17)12-5-3-2-4-10(12)8-21(16)14(18)23/h2-5,11H,6-9H2,1H3,(H2,18,23)(H2,19,20,22,24)/t16?,17-/m1/s1/i8D2. The highest BCUT2D eigenvalue weighted by Gasteiger charge is 2.60. The fourth-order valence-corrected chi connectivity index (χ4v) is 4.07. The normalized spacial score (nSPS) is 35.0. The van der Waals surface area contributed by atoms with Crippen molar-refractivity contribution < 1.29 is 17.1 Å². The minimum absolute atomic E-state index is 0.0425. The van der Waals surface area contributed by atoms with E-state index in [-0.39, 0.29) is 12.3 Å². The van der Waals surface area contributed by atoms with E-state index < -0.39 is 35.5 Å². The van der Waals surface area contributed by atoms with E-state index in [0.717, 1.165) is 17.7 Å². The van der Waals surface area contributed by atoms with Crippen molar-refractivity contribution in [3.8, 4) is 0 Å². The number of benzene rings is 1. The van der Waals surface area contributed by atoms with Gasteiger partial charge in [-0.1, -0.05) is 24.3 Å². The van der Waals surface area contributed by atoms with E-state index in [1.54, 1.807) is 31.2 Å².